The number of ether oxygens (including phenoxy) is 3. The number of hydrogen-bond donors (Lipinski definition) is 2. The zero-order valence-electron chi connectivity index (χ0n) is 14.9. The van der Waals surface area contributed by atoms with E-state index >= 15 is 0 Å². The molecule has 2 heterocycles. The van der Waals surface area contributed by atoms with Crippen LogP contribution >= 0.6 is 0 Å². The summed E-state index contributed by atoms with van der Waals surface area (Å²) in [6, 6.07) is 0. The average molecular weight is 350 g/mol. The van der Waals surface area contributed by atoms with Crippen molar-refractivity contribution in [2.24, 2.45) is 10.8 Å². The van der Waals surface area contributed by atoms with Crippen molar-refractivity contribution in [2.45, 2.75) is 63.6 Å². The molecule has 4 aliphatic rings. The zero-order valence-corrected chi connectivity index (χ0v) is 14.9. The van der Waals surface area contributed by atoms with Gasteiger partial charge in [-0.3, -0.25) is 0 Å². The van der Waals surface area contributed by atoms with Crippen LogP contribution in [-0.2, 0) is 19.0 Å². The fourth-order valence-corrected chi connectivity index (χ4v) is 5.54. The number of carbonyl (C=O) groups excluding carboxylic acids is 1. The van der Waals surface area contributed by atoms with E-state index in [0.29, 0.717) is 13.0 Å². The molecule has 0 aromatic rings. The molecule has 0 aromatic carbocycles. The summed E-state index contributed by atoms with van der Waals surface area (Å²) in [6.45, 7) is 6.08. The van der Waals surface area contributed by atoms with Gasteiger partial charge in [0.15, 0.2) is 5.60 Å². The molecule has 138 valence electrons. The Hall–Kier alpha value is -1.21. The van der Waals surface area contributed by atoms with E-state index in [0.717, 1.165) is 12.8 Å². The first kappa shape index (κ1) is 17.2. The molecule has 2 bridgehead atoms. The molecule has 2 aliphatic heterocycles. The van der Waals surface area contributed by atoms with E-state index in [2.05, 4.69) is 0 Å². The smallest absolute Gasteiger partial charge is 0.333 e. The summed E-state index contributed by atoms with van der Waals surface area (Å²) >= 11 is 0. The van der Waals surface area contributed by atoms with Gasteiger partial charge in [-0.1, -0.05) is 24.6 Å². The zero-order chi connectivity index (χ0) is 18.1. The Morgan fingerprint density at radius 2 is 2.24 bits per heavy atom. The topological polar surface area (TPSA) is 88.5 Å². The van der Waals surface area contributed by atoms with Gasteiger partial charge >= 0.3 is 5.97 Å². The lowest BCUT2D eigenvalue weighted by Gasteiger charge is -2.59. The third-order valence-electron chi connectivity index (χ3n) is 7.11. The third-order valence-corrected chi connectivity index (χ3v) is 7.11. The summed E-state index contributed by atoms with van der Waals surface area (Å²) in [4.78, 5) is 12.2. The van der Waals surface area contributed by atoms with Crippen molar-refractivity contribution in [3.63, 3.8) is 0 Å². The van der Waals surface area contributed by atoms with E-state index in [1.165, 1.54) is 11.6 Å². The second-order valence-electron chi connectivity index (χ2n) is 8.12. The molecule has 6 nitrogen and oxygen atoms in total. The van der Waals surface area contributed by atoms with Crippen LogP contribution in [0.15, 0.2) is 23.8 Å². The number of rotatable bonds is 3. The predicted molar refractivity (Wildman–Crippen MR) is 88.4 cm³/mol. The molecule has 0 aromatic heterocycles. The van der Waals surface area contributed by atoms with Crippen molar-refractivity contribution in [3.8, 4) is 0 Å². The highest BCUT2D eigenvalue weighted by Gasteiger charge is 2.89. The summed E-state index contributed by atoms with van der Waals surface area (Å²) < 4.78 is 17.9. The fraction of sp³-hybridized carbons (Fsp3) is 0.737. The first-order valence-electron chi connectivity index (χ1n) is 8.94. The largest absolute Gasteiger partial charge is 0.424 e. The maximum absolute atomic E-state index is 12.2. The molecular formula is C19H26O6. The monoisotopic (exact) mass is 350 g/mol. The molecule has 2 N–H and O–H groups in total. The predicted octanol–water partition coefficient (Wildman–Crippen LogP) is 1.46. The van der Waals surface area contributed by atoms with Gasteiger partial charge in [0.25, 0.3) is 5.79 Å². The van der Waals surface area contributed by atoms with Crippen molar-refractivity contribution >= 4 is 5.97 Å². The summed E-state index contributed by atoms with van der Waals surface area (Å²) in [5.41, 5.74) is -0.842. The van der Waals surface area contributed by atoms with Crippen molar-refractivity contribution in [1.82, 2.24) is 0 Å². The van der Waals surface area contributed by atoms with Crippen LogP contribution in [0.2, 0.25) is 0 Å². The van der Waals surface area contributed by atoms with E-state index < -0.39 is 40.4 Å². The van der Waals surface area contributed by atoms with E-state index in [4.69, 9.17) is 14.2 Å². The number of epoxide rings is 1. The highest BCUT2D eigenvalue weighted by molar-refractivity contribution is 5.82. The molecule has 3 fully saturated rings. The first-order valence-corrected chi connectivity index (χ1v) is 8.94. The Labute approximate surface area is 147 Å². The van der Waals surface area contributed by atoms with E-state index in [-0.39, 0.29) is 6.61 Å². The summed E-state index contributed by atoms with van der Waals surface area (Å²) in [7, 11) is 0. The normalized spacial score (nSPS) is 50.7. The van der Waals surface area contributed by atoms with Crippen LogP contribution in [0.4, 0.5) is 0 Å². The molecule has 6 heteroatoms. The van der Waals surface area contributed by atoms with Gasteiger partial charge in [0.05, 0.1) is 19.3 Å². The fourth-order valence-electron chi connectivity index (χ4n) is 5.54. The second kappa shape index (κ2) is 5.16. The molecule has 0 unspecified atom stereocenters. The van der Waals surface area contributed by atoms with Crippen LogP contribution in [0.3, 0.4) is 0 Å². The van der Waals surface area contributed by atoms with E-state index in [1.807, 2.05) is 19.9 Å². The minimum atomic E-state index is -1.53. The standard InChI is InChI=1S/C19H26O6/c1-4-5-15(22)25-19-13(21)9-16(3,18(19)11-23-18)17(10-20)7-6-12(2)8-14(17)24-19/h4-5,8,13-14,20-21H,6-7,9-11H2,1-3H3/t13-,14-,16-,17-,18-,19+/m1/s1. The van der Waals surface area contributed by atoms with Crippen LogP contribution in [-0.4, -0.2) is 53.0 Å². The number of carbonyl (C=O) groups is 1. The van der Waals surface area contributed by atoms with Gasteiger partial charge in [-0.05, 0) is 33.1 Å². The molecule has 1 saturated carbocycles. The van der Waals surface area contributed by atoms with Crippen molar-refractivity contribution in [3.05, 3.63) is 23.8 Å². The van der Waals surface area contributed by atoms with Gasteiger partial charge in [-0.15, -0.1) is 0 Å². The Bertz CT molecular complexity index is 665. The molecule has 2 aliphatic carbocycles. The van der Waals surface area contributed by atoms with Gasteiger partial charge in [-0.25, -0.2) is 4.79 Å². The van der Waals surface area contributed by atoms with Gasteiger partial charge in [0.1, 0.15) is 6.10 Å². The van der Waals surface area contributed by atoms with Gasteiger partial charge in [0, 0.05) is 16.9 Å². The molecule has 25 heavy (non-hydrogen) atoms. The lowest BCUT2D eigenvalue weighted by atomic mass is 9.52. The molecular weight excluding hydrogens is 324 g/mol. The maximum Gasteiger partial charge on any atom is 0.333 e. The van der Waals surface area contributed by atoms with Gasteiger partial charge < -0.3 is 24.4 Å². The third kappa shape index (κ3) is 1.81. The minimum Gasteiger partial charge on any atom is -0.424 e. The second-order valence-corrected chi connectivity index (χ2v) is 8.12. The molecule has 0 amide bonds. The number of hydrogen-bond acceptors (Lipinski definition) is 6. The van der Waals surface area contributed by atoms with Crippen LogP contribution < -0.4 is 0 Å². The van der Waals surface area contributed by atoms with Crippen molar-refractivity contribution < 1.29 is 29.2 Å². The van der Waals surface area contributed by atoms with Gasteiger partial charge in [-0.2, -0.15) is 0 Å². The van der Waals surface area contributed by atoms with Gasteiger partial charge in [0.2, 0.25) is 0 Å². The lowest BCUT2D eigenvalue weighted by molar-refractivity contribution is -0.346. The molecule has 1 spiro atoms. The Morgan fingerprint density at radius 3 is 2.84 bits per heavy atom. The first-order chi connectivity index (χ1) is 11.8. The maximum atomic E-state index is 12.2. The highest BCUT2D eigenvalue weighted by Crippen LogP contribution is 2.75. The number of aliphatic hydroxyl groups excluding tert-OH is 2. The molecule has 0 radical (unpaired) electrons. The van der Waals surface area contributed by atoms with Crippen LogP contribution in [0.1, 0.15) is 40.0 Å². The summed E-state index contributed by atoms with van der Waals surface area (Å²) in [5.74, 6) is -2.09. The van der Waals surface area contributed by atoms with Crippen LogP contribution in [0.5, 0.6) is 0 Å². The number of fused-ring (bicyclic) bond motifs is 2. The molecule has 6 atom stereocenters. The SMILES string of the molecule is CC=CC(=O)O[C@@]12O[C@@H]3C=C(C)CC[C@]3(CO)[C@@](C)(C[C@H]1O)[C@]21CO1. The lowest BCUT2D eigenvalue weighted by Crippen LogP contribution is -2.70. The Kier molecular flexibility index (Phi) is 3.55. The molecule has 2 saturated heterocycles. The highest BCUT2D eigenvalue weighted by atomic mass is 16.8. The van der Waals surface area contributed by atoms with E-state index in [1.54, 1.807) is 13.0 Å². The minimum absolute atomic E-state index is 0.0608. The Morgan fingerprint density at radius 1 is 1.52 bits per heavy atom. The van der Waals surface area contributed by atoms with E-state index in [9.17, 15) is 15.0 Å². The van der Waals surface area contributed by atoms with Crippen LogP contribution in [0, 0.1) is 10.8 Å². The average Bonchev–Trinajstić information content (AvgIpc) is 3.33. The van der Waals surface area contributed by atoms with Crippen molar-refractivity contribution in [2.75, 3.05) is 13.2 Å². The summed E-state index contributed by atoms with van der Waals surface area (Å²) in [5, 5.41) is 21.3. The Balaban J connectivity index is 1.85. The number of esters is 1. The molecule has 4 rings (SSSR count). The quantitative estimate of drug-likeness (QED) is 0.347. The number of allylic oxidation sites excluding steroid dienone is 2. The van der Waals surface area contributed by atoms with Crippen molar-refractivity contribution in [1.29, 1.82) is 0 Å². The number of aliphatic hydroxyl groups is 2. The van der Waals surface area contributed by atoms with Crippen LogP contribution in [0.25, 0.3) is 0 Å². The summed E-state index contributed by atoms with van der Waals surface area (Å²) in [6.07, 6.45) is 5.46.